The van der Waals surface area contributed by atoms with Crippen LogP contribution in [0.25, 0.3) is 0 Å². The molecule has 3 rings (SSSR count). The van der Waals surface area contributed by atoms with Crippen molar-refractivity contribution in [2.24, 2.45) is 11.3 Å². The highest BCUT2D eigenvalue weighted by Gasteiger charge is 2.55. The van der Waals surface area contributed by atoms with Crippen molar-refractivity contribution in [3.05, 3.63) is 35.6 Å². The van der Waals surface area contributed by atoms with Crippen LogP contribution in [0, 0.1) is 17.2 Å². The van der Waals surface area contributed by atoms with Crippen LogP contribution in [0.4, 0.5) is 4.39 Å². The average molecular weight is 321 g/mol. The minimum absolute atomic E-state index is 0.00439. The summed E-state index contributed by atoms with van der Waals surface area (Å²) >= 11 is 0. The van der Waals surface area contributed by atoms with E-state index >= 15 is 0 Å². The van der Waals surface area contributed by atoms with Crippen molar-refractivity contribution in [1.29, 1.82) is 0 Å². The summed E-state index contributed by atoms with van der Waals surface area (Å²) in [6, 6.07) is 5.53. The van der Waals surface area contributed by atoms with Crippen molar-refractivity contribution >= 4 is 11.9 Å². The molecule has 1 heterocycles. The van der Waals surface area contributed by atoms with Gasteiger partial charge in [0, 0.05) is 13.1 Å². The van der Waals surface area contributed by atoms with Gasteiger partial charge in [0.05, 0.1) is 17.9 Å². The topological polar surface area (TPSA) is 77.8 Å². The van der Waals surface area contributed by atoms with Gasteiger partial charge < -0.3 is 15.1 Å². The smallest absolute Gasteiger partial charge is 0.311 e. The van der Waals surface area contributed by atoms with Crippen LogP contribution >= 0.6 is 0 Å². The van der Waals surface area contributed by atoms with Crippen LogP contribution < -0.4 is 0 Å². The molecule has 2 aliphatic rings. The number of carboxylic acid groups (broad SMARTS) is 1. The quantitative estimate of drug-likeness (QED) is 0.889. The summed E-state index contributed by atoms with van der Waals surface area (Å²) in [5.41, 5.74) is -0.467. The Labute approximate surface area is 133 Å². The second-order valence-electron chi connectivity index (χ2n) is 6.60. The first-order valence-electron chi connectivity index (χ1n) is 7.87. The molecule has 1 aliphatic carbocycles. The van der Waals surface area contributed by atoms with Gasteiger partial charge in [-0.05, 0) is 36.5 Å². The van der Waals surface area contributed by atoms with Crippen LogP contribution in [0.5, 0.6) is 0 Å². The number of hydrogen-bond donors (Lipinski definition) is 2. The number of aliphatic carboxylic acids is 1. The number of hydrogen-bond acceptors (Lipinski definition) is 3. The zero-order chi connectivity index (χ0) is 16.6. The van der Waals surface area contributed by atoms with Gasteiger partial charge in [-0.25, -0.2) is 4.39 Å². The fourth-order valence-electron chi connectivity index (χ4n) is 3.96. The highest BCUT2D eigenvalue weighted by molar-refractivity contribution is 5.81. The summed E-state index contributed by atoms with van der Waals surface area (Å²) in [6.45, 7) is 0.642. The zero-order valence-corrected chi connectivity index (χ0v) is 12.7. The third-order valence-corrected chi connectivity index (χ3v) is 5.25. The van der Waals surface area contributed by atoms with Crippen molar-refractivity contribution in [3.8, 4) is 0 Å². The first-order chi connectivity index (χ1) is 10.9. The standard InChI is InChI=1S/C17H20FNO4/c18-13-5-1-3-11(7-13)14(20)8-15(21)19-9-12-4-2-6-17(12,10-19)16(22)23/h1,3,5,7,12,14,20H,2,4,6,8-10H2,(H,22,23)/t12-,14?,17+/m0/s1. The molecule has 23 heavy (non-hydrogen) atoms. The number of benzene rings is 1. The van der Waals surface area contributed by atoms with E-state index in [0.717, 1.165) is 12.8 Å². The van der Waals surface area contributed by atoms with Gasteiger partial charge in [0.15, 0.2) is 0 Å². The molecule has 124 valence electrons. The molecule has 1 aliphatic heterocycles. The zero-order valence-electron chi connectivity index (χ0n) is 12.7. The van der Waals surface area contributed by atoms with E-state index in [4.69, 9.17) is 0 Å². The van der Waals surface area contributed by atoms with Gasteiger partial charge in [-0.15, -0.1) is 0 Å². The van der Waals surface area contributed by atoms with Crippen molar-refractivity contribution < 1.29 is 24.2 Å². The predicted octanol–water partition coefficient (Wildman–Crippen LogP) is 1.96. The predicted molar refractivity (Wildman–Crippen MR) is 80.0 cm³/mol. The van der Waals surface area contributed by atoms with Gasteiger partial charge in [0.25, 0.3) is 0 Å². The Morgan fingerprint density at radius 3 is 2.87 bits per heavy atom. The second kappa shape index (κ2) is 5.92. The molecule has 3 atom stereocenters. The Bertz CT molecular complexity index is 635. The first kappa shape index (κ1) is 15.9. The van der Waals surface area contributed by atoms with E-state index in [1.54, 1.807) is 11.0 Å². The fourth-order valence-corrected chi connectivity index (χ4v) is 3.96. The lowest BCUT2D eigenvalue weighted by molar-refractivity contribution is -0.149. The van der Waals surface area contributed by atoms with Crippen LogP contribution in [-0.4, -0.2) is 40.1 Å². The van der Waals surface area contributed by atoms with Crippen molar-refractivity contribution in [2.75, 3.05) is 13.1 Å². The molecular formula is C17H20FNO4. The molecule has 6 heteroatoms. The molecule has 1 aromatic rings. The highest BCUT2D eigenvalue weighted by atomic mass is 19.1. The highest BCUT2D eigenvalue weighted by Crippen LogP contribution is 2.49. The molecule has 0 spiro atoms. The molecule has 0 aromatic heterocycles. The van der Waals surface area contributed by atoms with Crippen LogP contribution in [-0.2, 0) is 9.59 Å². The van der Waals surface area contributed by atoms with Gasteiger partial charge in [0.2, 0.25) is 5.91 Å². The van der Waals surface area contributed by atoms with E-state index in [1.165, 1.54) is 18.2 Å². The monoisotopic (exact) mass is 321 g/mol. The summed E-state index contributed by atoms with van der Waals surface area (Å²) in [7, 11) is 0. The number of carbonyl (C=O) groups excluding carboxylic acids is 1. The number of aliphatic hydroxyl groups excluding tert-OH is 1. The third-order valence-electron chi connectivity index (χ3n) is 5.25. The van der Waals surface area contributed by atoms with Gasteiger partial charge in [-0.3, -0.25) is 9.59 Å². The lowest BCUT2D eigenvalue weighted by atomic mass is 9.81. The van der Waals surface area contributed by atoms with E-state index in [0.29, 0.717) is 18.5 Å². The number of halogens is 1. The molecule has 1 saturated heterocycles. The number of rotatable bonds is 4. The second-order valence-corrected chi connectivity index (χ2v) is 6.60. The molecule has 1 saturated carbocycles. The SMILES string of the molecule is O=C(CC(O)c1cccc(F)c1)N1C[C@@H]2CCC[C@@]2(C(=O)O)C1. The van der Waals surface area contributed by atoms with E-state index in [1.807, 2.05) is 0 Å². The minimum Gasteiger partial charge on any atom is -0.481 e. The maximum atomic E-state index is 13.2. The van der Waals surface area contributed by atoms with Gasteiger partial charge in [0.1, 0.15) is 5.82 Å². The molecular weight excluding hydrogens is 301 g/mol. The summed E-state index contributed by atoms with van der Waals surface area (Å²) in [6.07, 6.45) is 1.06. The largest absolute Gasteiger partial charge is 0.481 e. The molecule has 2 fully saturated rings. The molecule has 1 amide bonds. The van der Waals surface area contributed by atoms with Crippen molar-refractivity contribution in [1.82, 2.24) is 4.90 Å². The van der Waals surface area contributed by atoms with E-state index in [9.17, 15) is 24.2 Å². The Hall–Kier alpha value is -1.95. The Morgan fingerprint density at radius 1 is 1.43 bits per heavy atom. The number of likely N-dealkylation sites (tertiary alicyclic amines) is 1. The summed E-state index contributed by atoms with van der Waals surface area (Å²) in [4.78, 5) is 25.6. The molecule has 2 N–H and O–H groups in total. The Kier molecular flexibility index (Phi) is 4.10. The third kappa shape index (κ3) is 2.83. The fraction of sp³-hybridized carbons (Fsp3) is 0.529. The van der Waals surface area contributed by atoms with Crippen molar-refractivity contribution in [2.45, 2.75) is 31.8 Å². The molecule has 1 aromatic carbocycles. The minimum atomic E-state index is -1.08. The van der Waals surface area contributed by atoms with Crippen LogP contribution in [0.3, 0.4) is 0 Å². The van der Waals surface area contributed by atoms with E-state index < -0.39 is 23.3 Å². The van der Waals surface area contributed by atoms with Gasteiger partial charge in [-0.2, -0.15) is 0 Å². The van der Waals surface area contributed by atoms with Gasteiger partial charge >= 0.3 is 5.97 Å². The summed E-state index contributed by atoms with van der Waals surface area (Å²) in [5, 5.41) is 19.7. The number of carboxylic acids is 1. The van der Waals surface area contributed by atoms with E-state index in [-0.39, 0.29) is 24.8 Å². The molecule has 5 nitrogen and oxygen atoms in total. The number of nitrogens with zero attached hydrogens (tertiary/aromatic N) is 1. The number of carbonyl (C=O) groups is 2. The first-order valence-corrected chi connectivity index (χ1v) is 7.87. The average Bonchev–Trinajstić information content (AvgIpc) is 3.05. The number of amides is 1. The van der Waals surface area contributed by atoms with E-state index in [2.05, 4.69) is 0 Å². The number of fused-ring (bicyclic) bond motifs is 1. The Balaban J connectivity index is 1.67. The van der Waals surface area contributed by atoms with Gasteiger partial charge in [-0.1, -0.05) is 18.6 Å². The normalized spacial score (nSPS) is 27.7. The molecule has 0 bridgehead atoms. The number of aliphatic hydroxyl groups is 1. The summed E-state index contributed by atoms with van der Waals surface area (Å²) < 4.78 is 13.2. The Morgan fingerprint density at radius 2 is 2.22 bits per heavy atom. The van der Waals surface area contributed by atoms with Crippen LogP contribution in [0.2, 0.25) is 0 Å². The molecule has 0 radical (unpaired) electrons. The lowest BCUT2D eigenvalue weighted by Gasteiger charge is -2.23. The maximum absolute atomic E-state index is 13.2. The van der Waals surface area contributed by atoms with Crippen LogP contribution in [0.1, 0.15) is 37.4 Å². The summed E-state index contributed by atoms with van der Waals surface area (Å²) in [5.74, 6) is -1.58. The lowest BCUT2D eigenvalue weighted by Crippen LogP contribution is -2.37. The van der Waals surface area contributed by atoms with Crippen LogP contribution in [0.15, 0.2) is 24.3 Å². The maximum Gasteiger partial charge on any atom is 0.311 e. The molecule has 1 unspecified atom stereocenters. The van der Waals surface area contributed by atoms with Crippen molar-refractivity contribution in [3.63, 3.8) is 0 Å².